The third-order valence-electron chi connectivity index (χ3n) is 3.46. The first-order valence-electron chi connectivity index (χ1n) is 6.52. The Kier molecular flexibility index (Phi) is 6.30. The fourth-order valence-electron chi connectivity index (χ4n) is 2.51. The van der Waals surface area contributed by atoms with E-state index in [0.29, 0.717) is 30.9 Å². The van der Waals surface area contributed by atoms with E-state index in [2.05, 4.69) is 0 Å². The summed E-state index contributed by atoms with van der Waals surface area (Å²) < 4.78 is 9.99. The van der Waals surface area contributed by atoms with Crippen molar-refractivity contribution in [1.82, 2.24) is 0 Å². The minimum Gasteiger partial charge on any atom is -0.507 e. The summed E-state index contributed by atoms with van der Waals surface area (Å²) in [6, 6.07) is 0. The van der Waals surface area contributed by atoms with Crippen molar-refractivity contribution in [2.75, 3.05) is 20.1 Å². The number of aromatic hydroxyl groups is 1. The van der Waals surface area contributed by atoms with Crippen molar-refractivity contribution in [1.29, 1.82) is 0 Å². The van der Waals surface area contributed by atoms with Gasteiger partial charge in [-0.3, -0.25) is 0 Å². The van der Waals surface area contributed by atoms with Gasteiger partial charge in [-0.15, -0.1) is 11.6 Å². The minimum absolute atomic E-state index is 0.0118. The molecule has 0 fully saturated rings. The number of hydrogen-bond acceptors (Lipinski definition) is 4. The highest BCUT2D eigenvalue weighted by atomic mass is 35.5. The van der Waals surface area contributed by atoms with Gasteiger partial charge in [0.1, 0.15) is 11.3 Å². The van der Waals surface area contributed by atoms with Crippen LogP contribution >= 0.6 is 11.6 Å². The van der Waals surface area contributed by atoms with Gasteiger partial charge in [-0.05, 0) is 36.5 Å². The molecule has 0 radical (unpaired) electrons. The molecule has 0 saturated carbocycles. The number of ether oxygens (including phenoxy) is 2. The molecule has 0 spiro atoms. The van der Waals surface area contributed by atoms with E-state index in [0.717, 1.165) is 16.7 Å². The first kappa shape index (κ1) is 16.8. The van der Waals surface area contributed by atoms with Gasteiger partial charge in [0.25, 0.3) is 0 Å². The SMILES string of the molecule is CCc1c(O)c(C(=O)OC)c(C)c(CCCl)c1COC. The van der Waals surface area contributed by atoms with Crippen molar-refractivity contribution in [2.45, 2.75) is 33.3 Å². The van der Waals surface area contributed by atoms with Crippen LogP contribution in [0.4, 0.5) is 0 Å². The van der Waals surface area contributed by atoms with E-state index in [-0.39, 0.29) is 11.3 Å². The zero-order valence-corrected chi connectivity index (χ0v) is 13.1. The second-order valence-corrected chi connectivity index (χ2v) is 4.88. The van der Waals surface area contributed by atoms with E-state index in [9.17, 15) is 9.90 Å². The Bertz CT molecular complexity index is 497. The number of phenolic OH excluding ortho intramolecular Hbond substituents is 1. The highest BCUT2D eigenvalue weighted by Gasteiger charge is 2.24. The van der Waals surface area contributed by atoms with Crippen molar-refractivity contribution in [3.63, 3.8) is 0 Å². The van der Waals surface area contributed by atoms with E-state index in [1.807, 2.05) is 6.92 Å². The van der Waals surface area contributed by atoms with Crippen LogP contribution < -0.4 is 0 Å². The van der Waals surface area contributed by atoms with Gasteiger partial charge < -0.3 is 14.6 Å². The Balaban J connectivity index is 3.65. The lowest BCUT2D eigenvalue weighted by Gasteiger charge is -2.20. The Morgan fingerprint density at radius 2 is 1.90 bits per heavy atom. The number of phenols is 1. The number of carbonyl (C=O) groups excluding carboxylic acids is 1. The van der Waals surface area contributed by atoms with Gasteiger partial charge in [-0.2, -0.15) is 0 Å². The van der Waals surface area contributed by atoms with Gasteiger partial charge in [0, 0.05) is 18.6 Å². The van der Waals surface area contributed by atoms with Crippen LogP contribution in [0.5, 0.6) is 5.75 Å². The molecule has 1 rings (SSSR count). The number of alkyl halides is 1. The smallest absolute Gasteiger partial charge is 0.341 e. The fourth-order valence-corrected chi connectivity index (χ4v) is 2.70. The number of esters is 1. The molecule has 0 unspecified atom stereocenters. The van der Waals surface area contributed by atoms with Gasteiger partial charge >= 0.3 is 5.97 Å². The van der Waals surface area contributed by atoms with Crippen LogP contribution in [-0.2, 0) is 28.9 Å². The summed E-state index contributed by atoms with van der Waals surface area (Å²) in [5.74, 6) is -0.108. The number of carbonyl (C=O) groups is 1. The summed E-state index contributed by atoms with van der Waals surface area (Å²) in [5, 5.41) is 10.4. The maximum absolute atomic E-state index is 11.9. The largest absolute Gasteiger partial charge is 0.507 e. The topological polar surface area (TPSA) is 55.8 Å². The summed E-state index contributed by atoms with van der Waals surface area (Å²) in [5.41, 5.74) is 3.52. The summed E-state index contributed by atoms with van der Waals surface area (Å²) in [7, 11) is 2.90. The van der Waals surface area contributed by atoms with E-state index >= 15 is 0 Å². The zero-order chi connectivity index (χ0) is 15.3. The predicted molar refractivity (Wildman–Crippen MR) is 78.7 cm³/mol. The maximum atomic E-state index is 11.9. The minimum atomic E-state index is -0.533. The molecule has 0 aliphatic heterocycles. The molecule has 0 atom stereocenters. The van der Waals surface area contributed by atoms with Crippen molar-refractivity contribution < 1.29 is 19.4 Å². The van der Waals surface area contributed by atoms with Crippen LogP contribution in [-0.4, -0.2) is 31.2 Å². The van der Waals surface area contributed by atoms with E-state index in [1.54, 1.807) is 14.0 Å². The number of methoxy groups -OCH3 is 2. The highest BCUT2D eigenvalue weighted by Crippen LogP contribution is 2.35. The number of rotatable bonds is 6. The molecule has 0 aliphatic rings. The monoisotopic (exact) mass is 300 g/mol. The van der Waals surface area contributed by atoms with Crippen LogP contribution in [0.1, 0.15) is 39.5 Å². The average Bonchev–Trinajstić information content (AvgIpc) is 2.43. The quantitative estimate of drug-likeness (QED) is 0.648. The van der Waals surface area contributed by atoms with Crippen molar-refractivity contribution in [2.24, 2.45) is 0 Å². The van der Waals surface area contributed by atoms with Crippen LogP contribution in [0.15, 0.2) is 0 Å². The molecular formula is C15H21ClO4. The molecule has 4 nitrogen and oxygen atoms in total. The predicted octanol–water partition coefficient (Wildman–Crippen LogP) is 2.98. The van der Waals surface area contributed by atoms with Gasteiger partial charge in [0.2, 0.25) is 0 Å². The van der Waals surface area contributed by atoms with Crippen molar-refractivity contribution in [3.05, 3.63) is 27.8 Å². The van der Waals surface area contributed by atoms with Crippen molar-refractivity contribution in [3.8, 4) is 5.75 Å². The van der Waals surface area contributed by atoms with E-state index < -0.39 is 5.97 Å². The molecule has 0 aromatic heterocycles. The molecule has 112 valence electrons. The van der Waals surface area contributed by atoms with Crippen LogP contribution in [0.2, 0.25) is 0 Å². The lowest BCUT2D eigenvalue weighted by Crippen LogP contribution is -2.13. The Hall–Kier alpha value is -1.26. The average molecular weight is 301 g/mol. The third-order valence-corrected chi connectivity index (χ3v) is 3.64. The van der Waals surface area contributed by atoms with Gasteiger partial charge in [0.05, 0.1) is 13.7 Å². The Morgan fingerprint density at radius 1 is 1.25 bits per heavy atom. The Labute approximate surface area is 124 Å². The molecule has 0 aliphatic carbocycles. The normalized spacial score (nSPS) is 10.7. The molecule has 0 heterocycles. The zero-order valence-electron chi connectivity index (χ0n) is 12.4. The highest BCUT2D eigenvalue weighted by molar-refractivity contribution is 6.18. The number of hydrogen-bond donors (Lipinski definition) is 1. The molecule has 0 bridgehead atoms. The summed E-state index contributed by atoms with van der Waals surface area (Å²) in [6.07, 6.45) is 1.22. The first-order valence-corrected chi connectivity index (χ1v) is 7.06. The van der Waals surface area contributed by atoms with Crippen LogP contribution in [0.3, 0.4) is 0 Å². The summed E-state index contributed by atoms with van der Waals surface area (Å²) in [4.78, 5) is 11.9. The molecular weight excluding hydrogens is 280 g/mol. The lowest BCUT2D eigenvalue weighted by molar-refractivity contribution is 0.0596. The second kappa shape index (κ2) is 7.50. The van der Waals surface area contributed by atoms with Gasteiger partial charge in [0.15, 0.2) is 0 Å². The standard InChI is InChI=1S/C15H21ClO4/c1-5-10-12(8-19-3)11(6-7-16)9(2)13(14(10)17)15(18)20-4/h17H,5-8H2,1-4H3. The van der Waals surface area contributed by atoms with E-state index in [4.69, 9.17) is 21.1 Å². The fraction of sp³-hybridized carbons (Fsp3) is 0.533. The summed E-state index contributed by atoms with van der Waals surface area (Å²) in [6.45, 7) is 4.10. The van der Waals surface area contributed by atoms with Gasteiger partial charge in [-0.25, -0.2) is 4.79 Å². The number of halogens is 1. The molecule has 1 N–H and O–H groups in total. The van der Waals surface area contributed by atoms with Crippen LogP contribution in [0, 0.1) is 6.92 Å². The molecule has 1 aromatic rings. The molecule has 1 aromatic carbocycles. The Morgan fingerprint density at radius 3 is 2.35 bits per heavy atom. The molecule has 5 heteroatoms. The second-order valence-electron chi connectivity index (χ2n) is 4.50. The van der Waals surface area contributed by atoms with Gasteiger partial charge in [-0.1, -0.05) is 6.92 Å². The number of benzene rings is 1. The van der Waals surface area contributed by atoms with E-state index in [1.165, 1.54) is 7.11 Å². The molecule has 20 heavy (non-hydrogen) atoms. The maximum Gasteiger partial charge on any atom is 0.341 e. The van der Waals surface area contributed by atoms with Crippen molar-refractivity contribution >= 4 is 17.6 Å². The lowest BCUT2D eigenvalue weighted by atomic mass is 9.88. The summed E-state index contributed by atoms with van der Waals surface area (Å²) >= 11 is 5.86. The third kappa shape index (κ3) is 3.07. The molecule has 0 saturated heterocycles. The first-order chi connectivity index (χ1) is 9.53. The van der Waals surface area contributed by atoms with Crippen LogP contribution in [0.25, 0.3) is 0 Å². The molecule has 0 amide bonds.